The molecule has 0 aliphatic carbocycles. The molecule has 4 aromatic rings. The zero-order valence-corrected chi connectivity index (χ0v) is 24.6. The Kier molecular flexibility index (Phi) is 14.3. The molecule has 4 aromatic carbocycles. The number of aliphatic imine (C=N–C) groups is 1. The molecule has 0 amide bonds. The van der Waals surface area contributed by atoms with Crippen LogP contribution in [0.4, 0.5) is 0 Å². The molecule has 0 spiro atoms. The van der Waals surface area contributed by atoms with Crippen molar-refractivity contribution in [1.29, 1.82) is 0 Å². The molecule has 0 saturated carbocycles. The van der Waals surface area contributed by atoms with Crippen molar-refractivity contribution >= 4 is 11.3 Å². The monoisotopic (exact) mass is 506 g/mol. The van der Waals surface area contributed by atoms with E-state index in [-0.39, 0.29) is 5.54 Å². The molecule has 0 bridgehead atoms. The predicted octanol–water partition coefficient (Wildman–Crippen LogP) is 9.73. The van der Waals surface area contributed by atoms with E-state index in [2.05, 4.69) is 103 Å². The van der Waals surface area contributed by atoms with Crippen molar-refractivity contribution < 1.29 is 0 Å². The maximum atomic E-state index is 5.99. The smallest absolute Gasteiger partial charge is 0.0386 e. The second kappa shape index (κ2) is 16.9. The summed E-state index contributed by atoms with van der Waals surface area (Å²) < 4.78 is 0. The van der Waals surface area contributed by atoms with E-state index in [9.17, 15) is 0 Å². The number of allylic oxidation sites excluding steroid dienone is 1. The number of rotatable bonds is 4. The molecule has 0 fully saturated rings. The molecule has 2 heteroatoms. The number of benzene rings is 4. The van der Waals surface area contributed by atoms with Gasteiger partial charge in [0.2, 0.25) is 0 Å². The summed E-state index contributed by atoms with van der Waals surface area (Å²) in [5.41, 5.74) is 15.2. The van der Waals surface area contributed by atoms with Crippen LogP contribution in [-0.2, 0) is 5.54 Å². The molecule has 0 aliphatic heterocycles. The zero-order valence-electron chi connectivity index (χ0n) is 24.6. The Labute approximate surface area is 232 Å². The second-order valence-electron chi connectivity index (χ2n) is 9.49. The molecule has 0 atom stereocenters. The van der Waals surface area contributed by atoms with Crippen molar-refractivity contribution in [3.05, 3.63) is 138 Å². The molecule has 0 unspecified atom stereocenters. The highest BCUT2D eigenvalue weighted by Crippen LogP contribution is 2.21. The summed E-state index contributed by atoms with van der Waals surface area (Å²) in [6, 6.07) is 37.4. The molecule has 0 heterocycles. The SMILES string of the molecule is C=C(C)c1ccc(-c2ccccc2)cc1.CC.CN=C(C)c1ccc(C(C)(C)N)cc1.Cc1ccccc1. The van der Waals surface area contributed by atoms with Gasteiger partial charge in [0.05, 0.1) is 0 Å². The third kappa shape index (κ3) is 11.5. The Morgan fingerprint density at radius 1 is 0.658 bits per heavy atom. The lowest BCUT2D eigenvalue weighted by Crippen LogP contribution is -2.28. The van der Waals surface area contributed by atoms with Crippen LogP contribution in [0, 0.1) is 6.92 Å². The van der Waals surface area contributed by atoms with Gasteiger partial charge in [-0.1, -0.05) is 141 Å². The summed E-state index contributed by atoms with van der Waals surface area (Å²) >= 11 is 0. The minimum Gasteiger partial charge on any atom is -0.322 e. The standard InChI is InChI=1S/C15H14.C12H18N2.C7H8.C2H6/c1-12(2)13-8-10-15(11-9-13)14-6-4-3-5-7-14;1-9(14-4)10-5-7-11(8-6-10)12(2,3)13;1-7-5-3-2-4-6-7;1-2/h3-11H,1H2,2H3;5-8H,13H2,1-4H3;2-6H,1H3;1-2H3. The minimum atomic E-state index is -0.268. The Morgan fingerprint density at radius 3 is 1.45 bits per heavy atom. The normalized spacial score (nSPS) is 10.5. The van der Waals surface area contributed by atoms with Crippen LogP contribution < -0.4 is 5.73 Å². The van der Waals surface area contributed by atoms with Crippen molar-refractivity contribution in [3.63, 3.8) is 0 Å². The van der Waals surface area contributed by atoms with Gasteiger partial charge in [-0.25, -0.2) is 0 Å². The highest BCUT2D eigenvalue weighted by molar-refractivity contribution is 5.98. The van der Waals surface area contributed by atoms with Crippen LogP contribution in [0.2, 0.25) is 0 Å². The lowest BCUT2D eigenvalue weighted by Gasteiger charge is -2.19. The maximum absolute atomic E-state index is 5.99. The van der Waals surface area contributed by atoms with Gasteiger partial charge in [0.25, 0.3) is 0 Å². The van der Waals surface area contributed by atoms with Gasteiger partial charge in [0.15, 0.2) is 0 Å². The molecule has 0 radical (unpaired) electrons. The topological polar surface area (TPSA) is 38.4 Å². The fourth-order valence-corrected chi connectivity index (χ4v) is 3.38. The van der Waals surface area contributed by atoms with Crippen LogP contribution in [0.25, 0.3) is 16.7 Å². The zero-order chi connectivity index (χ0) is 28.6. The number of nitrogens with zero attached hydrogens (tertiary/aromatic N) is 1. The highest BCUT2D eigenvalue weighted by Gasteiger charge is 2.13. The van der Waals surface area contributed by atoms with E-state index in [0.29, 0.717) is 0 Å². The van der Waals surface area contributed by atoms with Crippen LogP contribution in [0.5, 0.6) is 0 Å². The third-order valence-corrected chi connectivity index (χ3v) is 5.81. The summed E-state index contributed by atoms with van der Waals surface area (Å²) in [4.78, 5) is 4.14. The van der Waals surface area contributed by atoms with Crippen LogP contribution in [0.3, 0.4) is 0 Å². The first kappa shape index (κ1) is 32.3. The van der Waals surface area contributed by atoms with Gasteiger partial charge in [-0.2, -0.15) is 0 Å². The van der Waals surface area contributed by atoms with Crippen molar-refractivity contribution in [2.24, 2.45) is 10.7 Å². The van der Waals surface area contributed by atoms with Gasteiger partial charge in [0.1, 0.15) is 0 Å². The largest absolute Gasteiger partial charge is 0.322 e. The van der Waals surface area contributed by atoms with Gasteiger partial charge >= 0.3 is 0 Å². The van der Waals surface area contributed by atoms with E-state index in [1.165, 1.54) is 22.3 Å². The average Bonchev–Trinajstić information content (AvgIpc) is 2.95. The molecule has 0 saturated heterocycles. The fourth-order valence-electron chi connectivity index (χ4n) is 3.38. The van der Waals surface area contributed by atoms with E-state index in [1.807, 2.05) is 65.8 Å². The number of aryl methyl sites for hydroxylation is 1. The molecule has 0 aliphatic rings. The molecular weight excluding hydrogens is 460 g/mol. The van der Waals surface area contributed by atoms with Crippen molar-refractivity contribution in [2.45, 2.75) is 54.0 Å². The van der Waals surface area contributed by atoms with Gasteiger partial charge < -0.3 is 5.73 Å². The van der Waals surface area contributed by atoms with Gasteiger partial charge in [-0.15, -0.1) is 0 Å². The van der Waals surface area contributed by atoms with Crippen LogP contribution in [0.1, 0.15) is 63.8 Å². The van der Waals surface area contributed by atoms with Crippen molar-refractivity contribution in [1.82, 2.24) is 0 Å². The first-order valence-corrected chi connectivity index (χ1v) is 13.3. The van der Waals surface area contributed by atoms with E-state index >= 15 is 0 Å². The quantitative estimate of drug-likeness (QED) is 0.275. The lowest BCUT2D eigenvalue weighted by molar-refractivity contribution is 0.554. The van der Waals surface area contributed by atoms with E-state index < -0.39 is 0 Å². The Balaban J connectivity index is 0.000000291. The van der Waals surface area contributed by atoms with Gasteiger partial charge in [-0.3, -0.25) is 4.99 Å². The Morgan fingerprint density at radius 2 is 1.08 bits per heavy atom. The average molecular weight is 507 g/mol. The summed E-state index contributed by atoms with van der Waals surface area (Å²) in [7, 11) is 1.80. The predicted molar refractivity (Wildman–Crippen MR) is 171 cm³/mol. The third-order valence-electron chi connectivity index (χ3n) is 5.81. The molecule has 4 rings (SSSR count). The second-order valence-corrected chi connectivity index (χ2v) is 9.49. The van der Waals surface area contributed by atoms with E-state index in [1.54, 1.807) is 7.05 Å². The molecule has 2 N–H and O–H groups in total. The van der Waals surface area contributed by atoms with E-state index in [0.717, 1.165) is 22.4 Å². The summed E-state index contributed by atoms with van der Waals surface area (Å²) in [6.45, 7) is 18.0. The summed E-state index contributed by atoms with van der Waals surface area (Å²) in [5.74, 6) is 0. The van der Waals surface area contributed by atoms with Gasteiger partial charge in [0, 0.05) is 18.3 Å². The molecule has 2 nitrogen and oxygen atoms in total. The lowest BCUT2D eigenvalue weighted by atomic mass is 9.94. The summed E-state index contributed by atoms with van der Waals surface area (Å²) in [5, 5.41) is 0. The first-order chi connectivity index (χ1) is 18.1. The Bertz CT molecular complexity index is 1210. The molecular formula is C36H46N2. The number of nitrogens with two attached hydrogens (primary N) is 1. The van der Waals surface area contributed by atoms with Crippen molar-refractivity contribution in [2.75, 3.05) is 7.05 Å². The van der Waals surface area contributed by atoms with Crippen molar-refractivity contribution in [3.8, 4) is 11.1 Å². The van der Waals surface area contributed by atoms with E-state index in [4.69, 9.17) is 5.73 Å². The first-order valence-electron chi connectivity index (χ1n) is 13.3. The fraction of sp³-hybridized carbons (Fsp3) is 0.250. The molecule has 200 valence electrons. The van der Waals surface area contributed by atoms with Crippen LogP contribution in [-0.4, -0.2) is 12.8 Å². The Hall–Kier alpha value is -3.75. The van der Waals surface area contributed by atoms with Gasteiger partial charge in [-0.05, 0) is 62.4 Å². The maximum Gasteiger partial charge on any atom is 0.0386 e. The number of hydrogen-bond donors (Lipinski definition) is 1. The highest BCUT2D eigenvalue weighted by atomic mass is 14.7. The molecule has 38 heavy (non-hydrogen) atoms. The minimum absolute atomic E-state index is 0.268. The van der Waals surface area contributed by atoms with Crippen LogP contribution >= 0.6 is 0 Å². The summed E-state index contributed by atoms with van der Waals surface area (Å²) in [6.07, 6.45) is 0. The van der Waals surface area contributed by atoms with Crippen LogP contribution in [0.15, 0.2) is 121 Å². The molecule has 0 aromatic heterocycles. The number of hydrogen-bond acceptors (Lipinski definition) is 2.